The summed E-state index contributed by atoms with van der Waals surface area (Å²) in [6, 6.07) is 17.3. The maximum Gasteiger partial charge on any atom is 0.0471 e. The summed E-state index contributed by atoms with van der Waals surface area (Å²) in [5.41, 5.74) is 11.9. The predicted octanol–water partition coefficient (Wildman–Crippen LogP) is 15.3. The summed E-state index contributed by atoms with van der Waals surface area (Å²) < 4.78 is 0. The first kappa shape index (κ1) is 45.1. The molecule has 0 aliphatic heterocycles. The van der Waals surface area contributed by atoms with Gasteiger partial charge in [-0.15, -0.1) is 0 Å². The molecule has 0 spiro atoms. The normalized spacial score (nSPS) is 22.4. The molecular weight excluding hydrogens is 717 g/mol. The Morgan fingerprint density at radius 3 is 1.64 bits per heavy atom. The van der Waals surface area contributed by atoms with E-state index in [4.69, 9.17) is 0 Å². The van der Waals surface area contributed by atoms with Crippen LogP contribution in [0.5, 0.6) is 0 Å². The molecule has 4 heterocycles. The van der Waals surface area contributed by atoms with Crippen molar-refractivity contribution in [2.45, 2.75) is 206 Å². The fourth-order valence-electron chi connectivity index (χ4n) is 11.2. The van der Waals surface area contributed by atoms with E-state index < -0.39 is 0 Å². The van der Waals surface area contributed by atoms with Gasteiger partial charge in [0.15, 0.2) is 0 Å². The average molecular weight is 797 g/mol. The summed E-state index contributed by atoms with van der Waals surface area (Å²) in [7, 11) is 0. The van der Waals surface area contributed by atoms with Crippen molar-refractivity contribution in [2.75, 3.05) is 0 Å². The lowest BCUT2D eigenvalue weighted by Gasteiger charge is -2.34. The first-order valence-electron chi connectivity index (χ1n) is 24.5. The Morgan fingerprint density at radius 2 is 1.03 bits per heavy atom. The monoisotopic (exact) mass is 797 g/mol. The molecule has 0 saturated heterocycles. The molecule has 4 unspecified atom stereocenters. The van der Waals surface area contributed by atoms with Crippen molar-refractivity contribution >= 4 is 0 Å². The number of pyridine rings is 4. The van der Waals surface area contributed by atoms with E-state index in [0.717, 1.165) is 23.7 Å². The molecule has 4 atom stereocenters. The van der Waals surface area contributed by atoms with Crippen LogP contribution in [0.2, 0.25) is 0 Å². The second-order valence-corrected chi connectivity index (χ2v) is 20.1. The minimum Gasteiger partial charge on any atom is -0.261 e. The largest absolute Gasteiger partial charge is 0.261 e. The van der Waals surface area contributed by atoms with Crippen molar-refractivity contribution in [2.24, 2.45) is 17.3 Å². The zero-order valence-electron chi connectivity index (χ0n) is 38.2. The van der Waals surface area contributed by atoms with E-state index in [9.17, 15) is 0 Å². The Labute approximate surface area is 360 Å². The maximum atomic E-state index is 4.68. The van der Waals surface area contributed by atoms with Crippen molar-refractivity contribution in [3.63, 3.8) is 0 Å². The molecule has 4 nitrogen and oxygen atoms in total. The van der Waals surface area contributed by atoms with Crippen LogP contribution >= 0.6 is 0 Å². The molecule has 0 radical (unpaired) electrons. The van der Waals surface area contributed by atoms with E-state index in [-0.39, 0.29) is 0 Å². The first-order valence-corrected chi connectivity index (χ1v) is 24.5. The van der Waals surface area contributed by atoms with Gasteiger partial charge in [0.25, 0.3) is 0 Å². The third-order valence-electron chi connectivity index (χ3n) is 14.5. The minimum absolute atomic E-state index is 0.351. The van der Waals surface area contributed by atoms with E-state index in [1.807, 2.05) is 24.8 Å². The number of aromatic nitrogens is 4. The third-order valence-corrected chi connectivity index (χ3v) is 14.5. The summed E-state index contributed by atoms with van der Waals surface area (Å²) in [5, 5.41) is 0. The van der Waals surface area contributed by atoms with Gasteiger partial charge in [0.2, 0.25) is 0 Å². The number of hydrogen-bond donors (Lipinski definition) is 0. The topological polar surface area (TPSA) is 51.6 Å². The summed E-state index contributed by atoms with van der Waals surface area (Å²) in [6.07, 6.45) is 37.6. The quantitative estimate of drug-likeness (QED) is 0.175. The van der Waals surface area contributed by atoms with Crippen molar-refractivity contribution in [1.82, 2.24) is 19.9 Å². The summed E-state index contributed by atoms with van der Waals surface area (Å²) in [4.78, 5) is 18.4. The van der Waals surface area contributed by atoms with Crippen LogP contribution in [0.25, 0.3) is 0 Å². The van der Waals surface area contributed by atoms with Crippen molar-refractivity contribution in [3.05, 3.63) is 118 Å². The number of unbranched alkanes of at least 4 members (excludes halogenated alkanes) is 3. The van der Waals surface area contributed by atoms with Gasteiger partial charge in [-0.1, -0.05) is 111 Å². The molecule has 1 fully saturated rings. The number of nitrogens with zero attached hydrogens (tertiary/aromatic N) is 4. The molecule has 9 rings (SSSR count). The highest BCUT2D eigenvalue weighted by molar-refractivity contribution is 5.29. The highest BCUT2D eigenvalue weighted by Gasteiger charge is 2.32. The van der Waals surface area contributed by atoms with Gasteiger partial charge in [-0.05, 0) is 160 Å². The molecule has 59 heavy (non-hydrogen) atoms. The van der Waals surface area contributed by atoms with Gasteiger partial charge < -0.3 is 0 Å². The van der Waals surface area contributed by atoms with Crippen LogP contribution in [0.1, 0.15) is 226 Å². The van der Waals surface area contributed by atoms with Gasteiger partial charge in [-0.3, -0.25) is 19.9 Å². The molecule has 0 N–H and O–H groups in total. The van der Waals surface area contributed by atoms with Gasteiger partial charge in [0.1, 0.15) is 0 Å². The Hall–Kier alpha value is -3.40. The van der Waals surface area contributed by atoms with Gasteiger partial charge >= 0.3 is 0 Å². The second kappa shape index (κ2) is 23.0. The fraction of sp³-hybridized carbons (Fsp3) is 0.636. The van der Waals surface area contributed by atoms with Crippen LogP contribution in [-0.2, 0) is 25.7 Å². The smallest absolute Gasteiger partial charge is 0.0471 e. The lowest BCUT2D eigenvalue weighted by atomic mass is 9.71. The van der Waals surface area contributed by atoms with E-state index >= 15 is 0 Å². The molecule has 4 aromatic heterocycles. The van der Waals surface area contributed by atoms with Crippen LogP contribution < -0.4 is 0 Å². The Kier molecular flexibility index (Phi) is 17.6. The minimum atomic E-state index is 0.351. The molecule has 4 heteroatoms. The van der Waals surface area contributed by atoms with Crippen LogP contribution in [0.15, 0.2) is 73.3 Å². The molecule has 4 aromatic rings. The number of aryl methyl sites for hydroxylation is 4. The standard InChI is InChI=1S/C15H21N.C15H23N.C13H19N.C12H17N/c1-2-6-12(7-3-1)14-10-4-8-13-9-5-11-16-15(13)14;1-2-3-4-5-8-13-9-6-10-14-11-7-12-16-15(13)14;1-13(2,3)11-8-4-6-10-7-5-9-14-12(10)11;1-9(2)11-7-3-5-10-6-4-8-13-12(10)11/h5,9,11-12,14H,1-4,6-8,10H2;7,11-13H,2-6,8-10H2,1H3;5,7,9,11H,4,6,8H2,1-3H3;4,6,8-9,11H,3,5,7H2,1-2H3. The van der Waals surface area contributed by atoms with Crippen LogP contribution in [0.4, 0.5) is 0 Å². The summed E-state index contributed by atoms with van der Waals surface area (Å²) in [5.74, 6) is 4.54. The van der Waals surface area contributed by atoms with Gasteiger partial charge in [-0.25, -0.2) is 0 Å². The fourth-order valence-corrected chi connectivity index (χ4v) is 11.2. The molecule has 1 saturated carbocycles. The first-order chi connectivity index (χ1) is 28.7. The molecule has 5 aliphatic rings. The van der Waals surface area contributed by atoms with Gasteiger partial charge in [-0.2, -0.15) is 0 Å². The van der Waals surface area contributed by atoms with E-state index in [1.54, 1.807) is 0 Å². The second-order valence-electron chi connectivity index (χ2n) is 20.1. The molecule has 320 valence electrons. The van der Waals surface area contributed by atoms with Gasteiger partial charge in [0, 0.05) is 71.2 Å². The third kappa shape index (κ3) is 12.8. The summed E-state index contributed by atoms with van der Waals surface area (Å²) >= 11 is 0. The zero-order valence-corrected chi connectivity index (χ0v) is 38.2. The lowest BCUT2D eigenvalue weighted by Crippen LogP contribution is -2.24. The molecule has 5 aliphatic carbocycles. The van der Waals surface area contributed by atoms with E-state index in [2.05, 4.69) is 110 Å². The predicted molar refractivity (Wildman–Crippen MR) is 249 cm³/mol. The van der Waals surface area contributed by atoms with Crippen LogP contribution in [0, 0.1) is 17.3 Å². The Morgan fingerprint density at radius 1 is 0.525 bits per heavy atom. The Balaban J connectivity index is 0.000000133. The molecule has 0 aromatic carbocycles. The van der Waals surface area contributed by atoms with E-state index in [1.165, 1.54) is 186 Å². The number of rotatable bonds is 7. The lowest BCUT2D eigenvalue weighted by molar-refractivity contribution is 0.279. The molecule has 0 bridgehead atoms. The SMILES string of the molecule is CC(C)(C)C1CCCc2cccnc21.CC(C)C1CCCc2cccnc21.CCCCCCC1CCCc2cccnc21.c1cnc2c(c1)CCCC2C1CCCCC1. The Bertz CT molecular complexity index is 1820. The average Bonchev–Trinajstić information content (AvgIpc) is 3.28. The highest BCUT2D eigenvalue weighted by atomic mass is 14.7. The van der Waals surface area contributed by atoms with E-state index in [0.29, 0.717) is 17.3 Å². The van der Waals surface area contributed by atoms with Crippen LogP contribution in [-0.4, -0.2) is 19.9 Å². The number of fused-ring (bicyclic) bond motifs is 4. The number of hydrogen-bond acceptors (Lipinski definition) is 4. The van der Waals surface area contributed by atoms with Crippen molar-refractivity contribution in [1.29, 1.82) is 0 Å². The summed E-state index contributed by atoms with van der Waals surface area (Å²) in [6.45, 7) is 13.8. The van der Waals surface area contributed by atoms with Gasteiger partial charge in [0.05, 0.1) is 0 Å². The highest BCUT2D eigenvalue weighted by Crippen LogP contribution is 2.43. The maximum absolute atomic E-state index is 4.68. The van der Waals surface area contributed by atoms with Crippen LogP contribution in [0.3, 0.4) is 0 Å². The molecule has 0 amide bonds. The molecular formula is C55H80N4. The zero-order chi connectivity index (χ0) is 41.5. The van der Waals surface area contributed by atoms with Crippen molar-refractivity contribution < 1.29 is 0 Å². The van der Waals surface area contributed by atoms with Crippen molar-refractivity contribution in [3.8, 4) is 0 Å².